The number of ether oxygens (including phenoxy) is 1. The number of carbonyl (C=O) groups is 3. The van der Waals surface area contributed by atoms with Gasteiger partial charge in [0, 0.05) is 19.0 Å². The molecule has 0 N–H and O–H groups in total. The number of hydrogen-bond donors (Lipinski definition) is 0. The van der Waals surface area contributed by atoms with E-state index in [1.165, 1.54) is 11.8 Å². The maximum atomic E-state index is 12.4. The van der Waals surface area contributed by atoms with Crippen molar-refractivity contribution in [3.63, 3.8) is 0 Å². The van der Waals surface area contributed by atoms with Crippen molar-refractivity contribution < 1.29 is 19.1 Å². The molecule has 2 amide bonds. The minimum absolute atomic E-state index is 0.338. The van der Waals surface area contributed by atoms with Gasteiger partial charge in [-0.15, -0.1) is 0 Å². The summed E-state index contributed by atoms with van der Waals surface area (Å²) in [4.78, 5) is 36.9. The van der Waals surface area contributed by atoms with Crippen LogP contribution in [-0.2, 0) is 14.3 Å². The number of rotatable bonds is 2. The van der Waals surface area contributed by atoms with Crippen LogP contribution in [0.1, 0.15) is 36.5 Å². The SMILES string of the molecule is CC(=O)O[C@H]1CCCCN(C(=O)c2ccccc2)C1=O. The van der Waals surface area contributed by atoms with Crippen LogP contribution in [-0.4, -0.2) is 35.3 Å². The van der Waals surface area contributed by atoms with Crippen LogP contribution in [0.25, 0.3) is 0 Å². The number of esters is 1. The molecular weight excluding hydrogens is 258 g/mol. The summed E-state index contributed by atoms with van der Waals surface area (Å²) in [6.45, 7) is 1.63. The highest BCUT2D eigenvalue weighted by atomic mass is 16.5. The largest absolute Gasteiger partial charge is 0.452 e. The molecule has 1 heterocycles. The quantitative estimate of drug-likeness (QED) is 0.609. The van der Waals surface area contributed by atoms with Crippen molar-refractivity contribution in [2.24, 2.45) is 0 Å². The fraction of sp³-hybridized carbons (Fsp3) is 0.400. The first-order chi connectivity index (χ1) is 9.59. The molecule has 1 saturated heterocycles. The molecule has 1 fully saturated rings. The van der Waals surface area contributed by atoms with Crippen molar-refractivity contribution >= 4 is 17.8 Å². The Bertz CT molecular complexity index is 512. The van der Waals surface area contributed by atoms with Crippen LogP contribution in [0.2, 0.25) is 0 Å². The van der Waals surface area contributed by atoms with Gasteiger partial charge in [-0.1, -0.05) is 18.2 Å². The lowest BCUT2D eigenvalue weighted by atomic mass is 10.1. The van der Waals surface area contributed by atoms with Crippen molar-refractivity contribution in [2.75, 3.05) is 6.54 Å². The second-order valence-corrected chi connectivity index (χ2v) is 4.75. The second kappa shape index (κ2) is 6.32. The van der Waals surface area contributed by atoms with Gasteiger partial charge in [0.15, 0.2) is 6.10 Å². The van der Waals surface area contributed by atoms with E-state index in [1.54, 1.807) is 24.3 Å². The zero-order chi connectivity index (χ0) is 14.5. The Kier molecular flexibility index (Phi) is 4.50. The standard InChI is InChI=1S/C15H17NO4/c1-11(17)20-13-9-5-6-10-16(15(13)19)14(18)12-7-3-2-4-8-12/h2-4,7-8,13H,5-6,9-10H2,1H3/t13-/m0/s1. The van der Waals surface area contributed by atoms with Crippen molar-refractivity contribution in [3.05, 3.63) is 35.9 Å². The minimum atomic E-state index is -0.845. The molecule has 0 aromatic heterocycles. The molecule has 106 valence electrons. The van der Waals surface area contributed by atoms with E-state index in [9.17, 15) is 14.4 Å². The molecule has 1 aliphatic heterocycles. The highest BCUT2D eigenvalue weighted by molar-refractivity contribution is 6.06. The third-order valence-electron chi connectivity index (χ3n) is 3.21. The molecular formula is C15H17NO4. The fourth-order valence-corrected chi connectivity index (χ4v) is 2.25. The Balaban J connectivity index is 2.19. The maximum absolute atomic E-state index is 12.4. The number of likely N-dealkylation sites (tertiary alicyclic amines) is 1. The van der Waals surface area contributed by atoms with Gasteiger partial charge in [0.25, 0.3) is 11.8 Å². The highest BCUT2D eigenvalue weighted by Gasteiger charge is 2.33. The molecule has 1 aliphatic rings. The first-order valence-corrected chi connectivity index (χ1v) is 6.67. The summed E-state index contributed by atoms with van der Waals surface area (Å²) in [5.41, 5.74) is 0.462. The Morgan fingerprint density at radius 1 is 1.20 bits per heavy atom. The Morgan fingerprint density at radius 2 is 1.90 bits per heavy atom. The Morgan fingerprint density at radius 3 is 2.55 bits per heavy atom. The molecule has 5 heteroatoms. The van der Waals surface area contributed by atoms with Crippen molar-refractivity contribution in [1.29, 1.82) is 0 Å². The van der Waals surface area contributed by atoms with Crippen LogP contribution in [0.3, 0.4) is 0 Å². The van der Waals surface area contributed by atoms with Crippen LogP contribution in [0.4, 0.5) is 0 Å². The predicted octanol–water partition coefficient (Wildman–Crippen LogP) is 1.77. The molecule has 1 aromatic rings. The number of hydrogen-bond acceptors (Lipinski definition) is 4. The van der Waals surface area contributed by atoms with E-state index in [-0.39, 0.29) is 5.91 Å². The van der Waals surface area contributed by atoms with Gasteiger partial charge >= 0.3 is 5.97 Å². The average Bonchev–Trinajstić information content (AvgIpc) is 2.61. The molecule has 0 bridgehead atoms. The van der Waals surface area contributed by atoms with Crippen LogP contribution in [0.15, 0.2) is 30.3 Å². The molecule has 0 saturated carbocycles. The zero-order valence-corrected chi connectivity index (χ0v) is 11.4. The number of benzene rings is 1. The summed E-state index contributed by atoms with van der Waals surface area (Å²) in [5, 5.41) is 0. The Labute approximate surface area is 117 Å². The zero-order valence-electron chi connectivity index (χ0n) is 11.4. The average molecular weight is 275 g/mol. The lowest BCUT2D eigenvalue weighted by Crippen LogP contribution is -2.43. The summed E-state index contributed by atoms with van der Waals surface area (Å²) in [6, 6.07) is 8.64. The van der Waals surface area contributed by atoms with E-state index < -0.39 is 18.0 Å². The van der Waals surface area contributed by atoms with Gasteiger partial charge in [-0.2, -0.15) is 0 Å². The van der Waals surface area contributed by atoms with E-state index in [0.29, 0.717) is 18.5 Å². The van der Waals surface area contributed by atoms with Crippen LogP contribution >= 0.6 is 0 Å². The van der Waals surface area contributed by atoms with Crippen molar-refractivity contribution in [3.8, 4) is 0 Å². The number of carbonyl (C=O) groups excluding carboxylic acids is 3. The van der Waals surface area contributed by atoms with Gasteiger partial charge < -0.3 is 4.74 Å². The van der Waals surface area contributed by atoms with E-state index >= 15 is 0 Å². The molecule has 5 nitrogen and oxygen atoms in total. The summed E-state index contributed by atoms with van der Waals surface area (Å²) in [6.07, 6.45) is 1.10. The number of imide groups is 1. The molecule has 1 atom stereocenters. The summed E-state index contributed by atoms with van der Waals surface area (Å²) in [7, 11) is 0. The van der Waals surface area contributed by atoms with E-state index in [1.807, 2.05) is 6.07 Å². The topological polar surface area (TPSA) is 63.7 Å². The molecule has 0 radical (unpaired) electrons. The molecule has 2 rings (SSSR count). The van der Waals surface area contributed by atoms with Gasteiger partial charge in [-0.05, 0) is 31.4 Å². The van der Waals surface area contributed by atoms with Crippen LogP contribution < -0.4 is 0 Å². The van der Waals surface area contributed by atoms with E-state index in [0.717, 1.165) is 12.8 Å². The van der Waals surface area contributed by atoms with Gasteiger partial charge in [0.05, 0.1) is 0 Å². The predicted molar refractivity (Wildman–Crippen MR) is 71.9 cm³/mol. The first kappa shape index (κ1) is 14.2. The molecule has 20 heavy (non-hydrogen) atoms. The summed E-state index contributed by atoms with van der Waals surface area (Å²) < 4.78 is 5.02. The lowest BCUT2D eigenvalue weighted by Gasteiger charge is -2.22. The number of nitrogens with zero attached hydrogens (tertiary/aromatic N) is 1. The molecule has 0 aliphatic carbocycles. The molecule has 0 spiro atoms. The smallest absolute Gasteiger partial charge is 0.303 e. The van der Waals surface area contributed by atoms with Gasteiger partial charge in [-0.3, -0.25) is 19.3 Å². The van der Waals surface area contributed by atoms with E-state index in [2.05, 4.69) is 0 Å². The third kappa shape index (κ3) is 3.23. The van der Waals surface area contributed by atoms with Crippen molar-refractivity contribution in [2.45, 2.75) is 32.3 Å². The Hall–Kier alpha value is -2.17. The third-order valence-corrected chi connectivity index (χ3v) is 3.21. The van der Waals surface area contributed by atoms with Gasteiger partial charge in [0.1, 0.15) is 0 Å². The number of amides is 2. The van der Waals surface area contributed by atoms with Crippen LogP contribution in [0, 0.1) is 0 Å². The first-order valence-electron chi connectivity index (χ1n) is 6.67. The van der Waals surface area contributed by atoms with Gasteiger partial charge in [-0.25, -0.2) is 0 Å². The van der Waals surface area contributed by atoms with Gasteiger partial charge in [0.2, 0.25) is 0 Å². The van der Waals surface area contributed by atoms with Crippen LogP contribution in [0.5, 0.6) is 0 Å². The highest BCUT2D eigenvalue weighted by Crippen LogP contribution is 2.17. The summed E-state index contributed by atoms with van der Waals surface area (Å²) >= 11 is 0. The second-order valence-electron chi connectivity index (χ2n) is 4.75. The lowest BCUT2D eigenvalue weighted by molar-refractivity contribution is -0.157. The molecule has 0 unspecified atom stereocenters. The van der Waals surface area contributed by atoms with Crippen molar-refractivity contribution in [1.82, 2.24) is 4.90 Å². The maximum Gasteiger partial charge on any atom is 0.303 e. The molecule has 1 aromatic carbocycles. The van der Waals surface area contributed by atoms with E-state index in [4.69, 9.17) is 4.74 Å². The fourth-order valence-electron chi connectivity index (χ4n) is 2.25. The minimum Gasteiger partial charge on any atom is -0.452 e. The monoisotopic (exact) mass is 275 g/mol. The summed E-state index contributed by atoms with van der Waals surface area (Å²) in [5.74, 6) is -1.27. The normalized spacial score (nSPS) is 19.4.